The molecule has 0 radical (unpaired) electrons. The molecular formula is C9H16O2. The zero-order valence-electron chi connectivity index (χ0n) is 7.35. The van der Waals surface area contributed by atoms with Crippen LogP contribution in [0.5, 0.6) is 0 Å². The maximum Gasteiger partial charge on any atom is 0.158 e. The van der Waals surface area contributed by atoms with Crippen LogP contribution in [0.3, 0.4) is 0 Å². The molecule has 0 saturated carbocycles. The van der Waals surface area contributed by atoms with Crippen molar-refractivity contribution in [1.82, 2.24) is 0 Å². The molecule has 0 fully saturated rings. The van der Waals surface area contributed by atoms with Gasteiger partial charge in [0.25, 0.3) is 0 Å². The maximum atomic E-state index is 11.0. The fourth-order valence-corrected chi connectivity index (χ4v) is 0.693. The van der Waals surface area contributed by atoms with Crippen LogP contribution in [0.1, 0.15) is 26.7 Å². The minimum atomic E-state index is 0.143. The maximum absolute atomic E-state index is 11.0. The summed E-state index contributed by atoms with van der Waals surface area (Å²) in [5.74, 6) is 0.143. The number of hydrogen-bond donors (Lipinski definition) is 0. The fourth-order valence-electron chi connectivity index (χ4n) is 0.693. The molecule has 11 heavy (non-hydrogen) atoms. The number of rotatable bonds is 6. The number of hydrogen-bond acceptors (Lipinski definition) is 2. The highest BCUT2D eigenvalue weighted by Crippen LogP contribution is 1.98. The summed E-state index contributed by atoms with van der Waals surface area (Å²) in [7, 11) is 0. The predicted octanol–water partition coefficient (Wildman–Crippen LogP) is 1.95. The van der Waals surface area contributed by atoms with Crippen molar-refractivity contribution in [3.05, 3.63) is 12.2 Å². The SMILES string of the molecule is C=C(C)C(=O)CCCOCC. The standard InChI is InChI=1S/C9H16O2/c1-4-11-7-5-6-9(10)8(2)3/h2,4-7H2,1,3H3. The van der Waals surface area contributed by atoms with Gasteiger partial charge in [-0.25, -0.2) is 0 Å². The smallest absolute Gasteiger partial charge is 0.158 e. The lowest BCUT2D eigenvalue weighted by atomic mass is 10.1. The molecule has 0 aliphatic heterocycles. The molecule has 0 aromatic heterocycles. The topological polar surface area (TPSA) is 26.3 Å². The van der Waals surface area contributed by atoms with Crippen molar-refractivity contribution in [2.24, 2.45) is 0 Å². The molecule has 0 saturated heterocycles. The van der Waals surface area contributed by atoms with Gasteiger partial charge in [-0.15, -0.1) is 0 Å². The summed E-state index contributed by atoms with van der Waals surface area (Å²) in [6.45, 7) is 8.65. The summed E-state index contributed by atoms with van der Waals surface area (Å²) < 4.78 is 5.08. The van der Waals surface area contributed by atoms with Crippen LogP contribution >= 0.6 is 0 Å². The molecule has 0 aliphatic carbocycles. The van der Waals surface area contributed by atoms with Gasteiger partial charge in [-0.2, -0.15) is 0 Å². The van der Waals surface area contributed by atoms with Crippen molar-refractivity contribution >= 4 is 5.78 Å². The summed E-state index contributed by atoms with van der Waals surface area (Å²) in [6, 6.07) is 0. The van der Waals surface area contributed by atoms with E-state index in [1.165, 1.54) is 0 Å². The number of Topliss-reactive ketones (excluding diaryl/α,β-unsaturated/α-hetero) is 1. The van der Waals surface area contributed by atoms with Crippen molar-refractivity contribution in [2.75, 3.05) is 13.2 Å². The Morgan fingerprint density at radius 2 is 2.18 bits per heavy atom. The minimum absolute atomic E-state index is 0.143. The van der Waals surface area contributed by atoms with E-state index in [0.29, 0.717) is 18.6 Å². The van der Waals surface area contributed by atoms with Crippen molar-refractivity contribution in [1.29, 1.82) is 0 Å². The summed E-state index contributed by atoms with van der Waals surface area (Å²) in [5, 5.41) is 0. The number of ether oxygens (including phenoxy) is 1. The van der Waals surface area contributed by atoms with Gasteiger partial charge in [0.1, 0.15) is 0 Å². The molecule has 0 N–H and O–H groups in total. The Morgan fingerprint density at radius 3 is 2.64 bits per heavy atom. The summed E-state index contributed by atoms with van der Waals surface area (Å²) in [5.41, 5.74) is 0.640. The van der Waals surface area contributed by atoms with Crippen LogP contribution in [0.15, 0.2) is 12.2 Å². The van der Waals surface area contributed by atoms with Gasteiger partial charge < -0.3 is 4.74 Å². The highest BCUT2D eigenvalue weighted by Gasteiger charge is 2.00. The first-order chi connectivity index (χ1) is 5.18. The van der Waals surface area contributed by atoms with Gasteiger partial charge in [0.2, 0.25) is 0 Å². The van der Waals surface area contributed by atoms with Gasteiger partial charge in [-0.05, 0) is 25.8 Å². The van der Waals surface area contributed by atoms with E-state index in [9.17, 15) is 4.79 Å². The number of ketones is 1. The third kappa shape index (κ3) is 5.80. The van der Waals surface area contributed by atoms with Crippen LogP contribution in [-0.4, -0.2) is 19.0 Å². The van der Waals surface area contributed by atoms with Crippen LogP contribution in [0.4, 0.5) is 0 Å². The van der Waals surface area contributed by atoms with Crippen LogP contribution in [0, 0.1) is 0 Å². The van der Waals surface area contributed by atoms with E-state index in [2.05, 4.69) is 6.58 Å². The van der Waals surface area contributed by atoms with E-state index in [0.717, 1.165) is 13.0 Å². The van der Waals surface area contributed by atoms with E-state index in [1.54, 1.807) is 6.92 Å². The molecule has 0 aliphatic rings. The van der Waals surface area contributed by atoms with Gasteiger partial charge in [0.15, 0.2) is 5.78 Å². The number of carbonyl (C=O) groups excluding carboxylic acids is 1. The average Bonchev–Trinajstić information content (AvgIpc) is 1.97. The van der Waals surface area contributed by atoms with Gasteiger partial charge in [-0.1, -0.05) is 6.58 Å². The van der Waals surface area contributed by atoms with Gasteiger partial charge in [0, 0.05) is 19.6 Å². The van der Waals surface area contributed by atoms with Crippen molar-refractivity contribution in [2.45, 2.75) is 26.7 Å². The number of allylic oxidation sites excluding steroid dienone is 1. The van der Waals surface area contributed by atoms with Gasteiger partial charge >= 0.3 is 0 Å². The molecule has 0 amide bonds. The van der Waals surface area contributed by atoms with Crippen molar-refractivity contribution in [3.8, 4) is 0 Å². The molecule has 0 unspecified atom stereocenters. The summed E-state index contributed by atoms with van der Waals surface area (Å²) >= 11 is 0. The molecule has 0 spiro atoms. The largest absolute Gasteiger partial charge is 0.382 e. The molecule has 0 aromatic carbocycles. The third-order valence-electron chi connectivity index (χ3n) is 1.37. The Hall–Kier alpha value is -0.630. The third-order valence-corrected chi connectivity index (χ3v) is 1.37. The molecule has 64 valence electrons. The van der Waals surface area contributed by atoms with Gasteiger partial charge in [0.05, 0.1) is 0 Å². The second-order valence-corrected chi connectivity index (χ2v) is 2.50. The van der Waals surface area contributed by atoms with E-state index >= 15 is 0 Å². The Bertz CT molecular complexity index is 138. The van der Waals surface area contributed by atoms with Crippen molar-refractivity contribution in [3.63, 3.8) is 0 Å². The Kier molecular flexibility index (Phi) is 5.75. The molecule has 0 bridgehead atoms. The Balaban J connectivity index is 3.25. The molecule has 0 atom stereocenters. The minimum Gasteiger partial charge on any atom is -0.382 e. The Morgan fingerprint density at radius 1 is 1.55 bits per heavy atom. The lowest BCUT2D eigenvalue weighted by Crippen LogP contribution is -2.01. The monoisotopic (exact) mass is 156 g/mol. The zero-order chi connectivity index (χ0) is 8.69. The van der Waals surface area contributed by atoms with Crippen LogP contribution in [-0.2, 0) is 9.53 Å². The lowest BCUT2D eigenvalue weighted by molar-refractivity contribution is -0.115. The first-order valence-corrected chi connectivity index (χ1v) is 3.95. The summed E-state index contributed by atoms with van der Waals surface area (Å²) in [6.07, 6.45) is 1.37. The lowest BCUT2D eigenvalue weighted by Gasteiger charge is -1.99. The second kappa shape index (κ2) is 6.10. The van der Waals surface area contributed by atoms with E-state index in [1.807, 2.05) is 6.92 Å². The highest BCUT2D eigenvalue weighted by atomic mass is 16.5. The quantitative estimate of drug-likeness (QED) is 0.434. The fraction of sp³-hybridized carbons (Fsp3) is 0.667. The molecular weight excluding hydrogens is 140 g/mol. The normalized spacial score (nSPS) is 9.64. The molecule has 0 heterocycles. The average molecular weight is 156 g/mol. The highest BCUT2D eigenvalue weighted by molar-refractivity contribution is 5.93. The Labute approximate surface area is 68.2 Å². The molecule has 0 aromatic rings. The second-order valence-electron chi connectivity index (χ2n) is 2.50. The number of carbonyl (C=O) groups is 1. The van der Waals surface area contributed by atoms with Crippen LogP contribution < -0.4 is 0 Å². The van der Waals surface area contributed by atoms with E-state index in [-0.39, 0.29) is 5.78 Å². The summed E-state index contributed by atoms with van der Waals surface area (Å²) in [4.78, 5) is 11.0. The first-order valence-electron chi connectivity index (χ1n) is 3.95. The molecule has 0 rings (SSSR count). The van der Waals surface area contributed by atoms with Gasteiger partial charge in [-0.3, -0.25) is 4.79 Å². The zero-order valence-corrected chi connectivity index (χ0v) is 7.35. The molecule has 2 heteroatoms. The van der Waals surface area contributed by atoms with E-state index < -0.39 is 0 Å². The van der Waals surface area contributed by atoms with Crippen LogP contribution in [0.2, 0.25) is 0 Å². The van der Waals surface area contributed by atoms with E-state index in [4.69, 9.17) is 4.74 Å². The van der Waals surface area contributed by atoms with Crippen molar-refractivity contribution < 1.29 is 9.53 Å². The molecule has 2 nitrogen and oxygen atoms in total. The first kappa shape index (κ1) is 10.4. The van der Waals surface area contributed by atoms with Crippen LogP contribution in [0.25, 0.3) is 0 Å². The predicted molar refractivity (Wildman–Crippen MR) is 45.5 cm³/mol.